The largest absolute Gasteiger partial charge is 0.480 e. The first kappa shape index (κ1) is 13.8. The second-order valence-corrected chi connectivity index (χ2v) is 4.65. The van der Waals surface area contributed by atoms with Crippen molar-refractivity contribution < 1.29 is 19.7 Å². The monoisotopic (exact) mass is 265 g/mol. The molecule has 0 spiro atoms. The molecule has 104 valence electrons. The van der Waals surface area contributed by atoms with Crippen LogP contribution in [0.25, 0.3) is 0 Å². The van der Waals surface area contributed by atoms with E-state index in [1.165, 1.54) is 0 Å². The van der Waals surface area contributed by atoms with Crippen LogP contribution in [0.15, 0.2) is 24.3 Å². The highest BCUT2D eigenvalue weighted by Crippen LogP contribution is 2.32. The fourth-order valence-corrected chi connectivity index (χ4v) is 2.43. The van der Waals surface area contributed by atoms with Crippen LogP contribution in [-0.2, 0) is 16.0 Å². The SMILES string of the molecule is CCOCC(O)CN1c2ccccc2CC1C(=O)O. The average molecular weight is 265 g/mol. The molecule has 1 heterocycles. The van der Waals surface area contributed by atoms with E-state index in [4.69, 9.17) is 4.74 Å². The minimum Gasteiger partial charge on any atom is -0.480 e. The summed E-state index contributed by atoms with van der Waals surface area (Å²) in [5.41, 5.74) is 1.91. The van der Waals surface area contributed by atoms with Gasteiger partial charge in [-0.3, -0.25) is 0 Å². The molecule has 0 radical (unpaired) electrons. The molecule has 1 aliphatic heterocycles. The van der Waals surface area contributed by atoms with Crippen molar-refractivity contribution in [2.24, 2.45) is 0 Å². The first-order valence-corrected chi connectivity index (χ1v) is 6.46. The molecule has 0 saturated heterocycles. The molecule has 0 saturated carbocycles. The Morgan fingerprint density at radius 3 is 2.95 bits per heavy atom. The highest BCUT2D eigenvalue weighted by molar-refractivity contribution is 5.82. The van der Waals surface area contributed by atoms with E-state index < -0.39 is 18.1 Å². The third-order valence-electron chi connectivity index (χ3n) is 3.30. The molecule has 2 unspecified atom stereocenters. The van der Waals surface area contributed by atoms with Gasteiger partial charge in [0.05, 0.1) is 12.7 Å². The van der Waals surface area contributed by atoms with E-state index in [-0.39, 0.29) is 13.2 Å². The summed E-state index contributed by atoms with van der Waals surface area (Å²) < 4.78 is 5.17. The Hall–Kier alpha value is -1.59. The van der Waals surface area contributed by atoms with Crippen molar-refractivity contribution in [1.29, 1.82) is 0 Å². The number of carbonyl (C=O) groups is 1. The van der Waals surface area contributed by atoms with Crippen molar-refractivity contribution in [3.63, 3.8) is 0 Å². The molecular formula is C14H19NO4. The Kier molecular flexibility index (Phi) is 4.39. The number of hydrogen-bond donors (Lipinski definition) is 2. The van der Waals surface area contributed by atoms with Gasteiger partial charge in [0.15, 0.2) is 0 Å². The third kappa shape index (κ3) is 3.05. The van der Waals surface area contributed by atoms with Crippen LogP contribution in [0.5, 0.6) is 0 Å². The fourth-order valence-electron chi connectivity index (χ4n) is 2.43. The van der Waals surface area contributed by atoms with E-state index in [1.54, 1.807) is 4.90 Å². The van der Waals surface area contributed by atoms with Gasteiger partial charge in [0.2, 0.25) is 0 Å². The van der Waals surface area contributed by atoms with Gasteiger partial charge >= 0.3 is 5.97 Å². The lowest BCUT2D eigenvalue weighted by Gasteiger charge is -2.27. The number of β-amino-alcohol motifs (C(OH)–C–C–N with tert-alkyl or cyclic N) is 1. The summed E-state index contributed by atoms with van der Waals surface area (Å²) in [7, 11) is 0. The zero-order chi connectivity index (χ0) is 13.8. The van der Waals surface area contributed by atoms with Crippen molar-refractivity contribution in [3.05, 3.63) is 29.8 Å². The number of nitrogens with zero attached hydrogens (tertiary/aromatic N) is 1. The second-order valence-electron chi connectivity index (χ2n) is 4.65. The lowest BCUT2D eigenvalue weighted by atomic mass is 10.1. The normalized spacial score (nSPS) is 19.3. The Morgan fingerprint density at radius 2 is 2.26 bits per heavy atom. The first-order valence-electron chi connectivity index (χ1n) is 6.46. The van der Waals surface area contributed by atoms with Crippen molar-refractivity contribution in [2.75, 3.05) is 24.7 Å². The van der Waals surface area contributed by atoms with Gasteiger partial charge in [0, 0.05) is 25.3 Å². The number of carboxylic acid groups (broad SMARTS) is 1. The lowest BCUT2D eigenvalue weighted by molar-refractivity contribution is -0.138. The molecule has 2 N–H and O–H groups in total. The van der Waals surface area contributed by atoms with Crippen molar-refractivity contribution in [3.8, 4) is 0 Å². The summed E-state index contributed by atoms with van der Waals surface area (Å²) in [5, 5.41) is 19.2. The number of aliphatic carboxylic acids is 1. The molecule has 0 aliphatic carbocycles. The number of benzene rings is 1. The average Bonchev–Trinajstić information content (AvgIpc) is 2.76. The van der Waals surface area contributed by atoms with Gasteiger partial charge in [0.25, 0.3) is 0 Å². The highest BCUT2D eigenvalue weighted by Gasteiger charge is 2.34. The molecule has 0 amide bonds. The maximum atomic E-state index is 11.3. The highest BCUT2D eigenvalue weighted by atomic mass is 16.5. The van der Waals surface area contributed by atoms with Crippen LogP contribution in [0, 0.1) is 0 Å². The molecule has 1 aromatic carbocycles. The van der Waals surface area contributed by atoms with Gasteiger partial charge in [-0.15, -0.1) is 0 Å². The number of anilines is 1. The van der Waals surface area contributed by atoms with Crippen LogP contribution < -0.4 is 4.90 Å². The zero-order valence-electron chi connectivity index (χ0n) is 11.0. The lowest BCUT2D eigenvalue weighted by Crippen LogP contribution is -2.44. The number of rotatable bonds is 6. The van der Waals surface area contributed by atoms with E-state index in [1.807, 2.05) is 31.2 Å². The Balaban J connectivity index is 2.12. The van der Waals surface area contributed by atoms with Gasteiger partial charge < -0.3 is 19.8 Å². The van der Waals surface area contributed by atoms with Crippen LogP contribution >= 0.6 is 0 Å². The van der Waals surface area contributed by atoms with Crippen molar-refractivity contribution in [1.82, 2.24) is 0 Å². The number of fused-ring (bicyclic) bond motifs is 1. The van der Waals surface area contributed by atoms with Gasteiger partial charge in [-0.1, -0.05) is 18.2 Å². The van der Waals surface area contributed by atoms with Gasteiger partial charge in [-0.05, 0) is 18.6 Å². The molecule has 1 aromatic rings. The number of carboxylic acids is 1. The maximum absolute atomic E-state index is 11.3. The van der Waals surface area contributed by atoms with Crippen LogP contribution in [0.4, 0.5) is 5.69 Å². The predicted octanol–water partition coefficient (Wildman–Crippen LogP) is 0.900. The number of para-hydroxylation sites is 1. The fraction of sp³-hybridized carbons (Fsp3) is 0.500. The van der Waals surface area contributed by atoms with Crippen LogP contribution in [-0.4, -0.2) is 48.1 Å². The van der Waals surface area contributed by atoms with Crippen molar-refractivity contribution in [2.45, 2.75) is 25.5 Å². The summed E-state index contributed by atoms with van der Waals surface area (Å²) >= 11 is 0. The van der Waals surface area contributed by atoms with Gasteiger partial charge in [-0.25, -0.2) is 4.79 Å². The summed E-state index contributed by atoms with van der Waals surface area (Å²) in [6.45, 7) is 2.89. The molecule has 0 fully saturated rings. The van der Waals surface area contributed by atoms with Crippen molar-refractivity contribution >= 4 is 11.7 Å². The molecule has 5 nitrogen and oxygen atoms in total. The second kappa shape index (κ2) is 6.04. The zero-order valence-corrected chi connectivity index (χ0v) is 11.0. The third-order valence-corrected chi connectivity index (χ3v) is 3.30. The van der Waals surface area contributed by atoms with E-state index in [2.05, 4.69) is 0 Å². The summed E-state index contributed by atoms with van der Waals surface area (Å²) in [6.07, 6.45) is -0.208. The van der Waals surface area contributed by atoms with Crippen LogP contribution in [0.1, 0.15) is 12.5 Å². The van der Waals surface area contributed by atoms with Crippen LogP contribution in [0.2, 0.25) is 0 Å². The number of ether oxygens (including phenoxy) is 1. The smallest absolute Gasteiger partial charge is 0.326 e. The summed E-state index contributed by atoms with van der Waals surface area (Å²) in [4.78, 5) is 13.1. The minimum atomic E-state index is -0.861. The molecule has 2 atom stereocenters. The molecule has 19 heavy (non-hydrogen) atoms. The topological polar surface area (TPSA) is 70.0 Å². The molecular weight excluding hydrogens is 246 g/mol. The molecule has 0 aromatic heterocycles. The van der Waals surface area contributed by atoms with Gasteiger partial charge in [0.1, 0.15) is 6.04 Å². The molecule has 5 heteroatoms. The molecule has 2 rings (SSSR count). The summed E-state index contributed by atoms with van der Waals surface area (Å²) in [6, 6.07) is 7.00. The number of aliphatic hydroxyl groups is 1. The van der Waals surface area contributed by atoms with E-state index in [9.17, 15) is 15.0 Å². The van der Waals surface area contributed by atoms with Crippen LogP contribution in [0.3, 0.4) is 0 Å². The van der Waals surface area contributed by atoms with E-state index in [0.29, 0.717) is 13.0 Å². The standard InChI is InChI=1S/C14H19NO4/c1-2-19-9-11(16)8-15-12-6-4-3-5-10(12)7-13(15)14(17)18/h3-6,11,13,16H,2,7-9H2,1H3,(H,17,18). The Labute approximate surface area is 112 Å². The maximum Gasteiger partial charge on any atom is 0.326 e. The molecule has 0 bridgehead atoms. The Bertz CT molecular complexity index is 449. The number of aliphatic hydroxyl groups excluding tert-OH is 1. The summed E-state index contributed by atoms with van der Waals surface area (Å²) in [5.74, 6) is -0.861. The minimum absolute atomic E-state index is 0.224. The number of hydrogen-bond acceptors (Lipinski definition) is 4. The van der Waals surface area contributed by atoms with E-state index in [0.717, 1.165) is 11.3 Å². The van der Waals surface area contributed by atoms with Gasteiger partial charge in [-0.2, -0.15) is 0 Å². The predicted molar refractivity (Wildman–Crippen MR) is 71.4 cm³/mol. The Morgan fingerprint density at radius 1 is 1.53 bits per heavy atom. The molecule has 1 aliphatic rings. The quantitative estimate of drug-likeness (QED) is 0.799. The van der Waals surface area contributed by atoms with E-state index >= 15 is 0 Å². The first-order chi connectivity index (χ1) is 9.13.